The van der Waals surface area contributed by atoms with E-state index in [0.717, 1.165) is 31.1 Å². The summed E-state index contributed by atoms with van der Waals surface area (Å²) < 4.78 is 5.35. The molecule has 108 valence electrons. The molecule has 1 aliphatic rings. The van der Waals surface area contributed by atoms with E-state index < -0.39 is 0 Å². The maximum atomic E-state index is 5.35. The van der Waals surface area contributed by atoms with Crippen molar-refractivity contribution in [2.45, 2.75) is 65.1 Å². The van der Waals surface area contributed by atoms with Gasteiger partial charge in [0.25, 0.3) is 0 Å². The summed E-state index contributed by atoms with van der Waals surface area (Å²) >= 11 is 0. The van der Waals surface area contributed by atoms with Gasteiger partial charge in [-0.3, -0.25) is 4.90 Å². The number of nitrogens with one attached hydrogen (secondary N) is 1. The first kappa shape index (κ1) is 14.5. The lowest BCUT2D eigenvalue weighted by Gasteiger charge is -2.37. The second-order valence-electron chi connectivity index (χ2n) is 6.69. The zero-order chi connectivity index (χ0) is 13.9. The highest BCUT2D eigenvalue weighted by Gasteiger charge is 2.24. The average molecular weight is 265 g/mol. The molecule has 0 radical (unpaired) electrons. The minimum absolute atomic E-state index is 0.186. The van der Waals surface area contributed by atoms with Gasteiger partial charge in [0.2, 0.25) is 0 Å². The van der Waals surface area contributed by atoms with Gasteiger partial charge in [-0.05, 0) is 47.1 Å². The molecule has 0 spiro atoms. The lowest BCUT2D eigenvalue weighted by atomic mass is 10.0. The molecule has 4 heteroatoms. The third-order valence-electron chi connectivity index (χ3n) is 3.65. The summed E-state index contributed by atoms with van der Waals surface area (Å²) in [5.74, 6) is 0.986. The zero-order valence-corrected chi connectivity index (χ0v) is 12.7. The van der Waals surface area contributed by atoms with Gasteiger partial charge in [0, 0.05) is 24.2 Å². The monoisotopic (exact) mass is 265 g/mol. The summed E-state index contributed by atoms with van der Waals surface area (Å²) in [4.78, 5) is 2.53. The Kier molecular flexibility index (Phi) is 4.63. The van der Waals surface area contributed by atoms with Crippen molar-refractivity contribution in [3.8, 4) is 0 Å². The van der Waals surface area contributed by atoms with Crippen molar-refractivity contribution >= 4 is 0 Å². The van der Waals surface area contributed by atoms with Crippen LogP contribution >= 0.6 is 0 Å². The van der Waals surface area contributed by atoms with Crippen LogP contribution in [0.15, 0.2) is 10.6 Å². The van der Waals surface area contributed by atoms with Crippen LogP contribution in [0, 0.1) is 6.92 Å². The summed E-state index contributed by atoms with van der Waals surface area (Å²) in [5.41, 5.74) is 1.16. The molecule has 0 saturated carbocycles. The molecule has 0 aromatic carbocycles. The van der Waals surface area contributed by atoms with E-state index in [1.165, 1.54) is 19.3 Å². The molecule has 19 heavy (non-hydrogen) atoms. The average Bonchev–Trinajstić information content (AvgIpc) is 2.73. The van der Waals surface area contributed by atoms with Crippen molar-refractivity contribution in [2.24, 2.45) is 0 Å². The van der Waals surface area contributed by atoms with E-state index in [0.29, 0.717) is 6.04 Å². The van der Waals surface area contributed by atoms with E-state index in [2.05, 4.69) is 36.1 Å². The van der Waals surface area contributed by atoms with Crippen LogP contribution in [-0.2, 0) is 6.54 Å². The van der Waals surface area contributed by atoms with Crippen LogP contribution in [0.1, 0.15) is 51.5 Å². The molecule has 1 fully saturated rings. The van der Waals surface area contributed by atoms with E-state index in [1.807, 2.05) is 13.0 Å². The molecular formula is C15H27N3O. The van der Waals surface area contributed by atoms with Crippen LogP contribution in [0.2, 0.25) is 0 Å². The number of hydrogen-bond acceptors (Lipinski definition) is 4. The Morgan fingerprint density at radius 2 is 2.21 bits per heavy atom. The highest BCUT2D eigenvalue weighted by atomic mass is 16.5. The van der Waals surface area contributed by atoms with E-state index >= 15 is 0 Å². The largest absolute Gasteiger partial charge is 0.360 e. The molecule has 1 N–H and O–H groups in total. The van der Waals surface area contributed by atoms with Gasteiger partial charge in [-0.1, -0.05) is 11.6 Å². The number of piperidine rings is 1. The minimum Gasteiger partial charge on any atom is -0.360 e. The van der Waals surface area contributed by atoms with E-state index in [1.54, 1.807) is 0 Å². The molecule has 2 heterocycles. The van der Waals surface area contributed by atoms with Crippen molar-refractivity contribution in [3.63, 3.8) is 0 Å². The lowest BCUT2D eigenvalue weighted by Crippen LogP contribution is -2.49. The number of rotatable bonds is 4. The fraction of sp³-hybridized carbons (Fsp3) is 0.800. The van der Waals surface area contributed by atoms with Gasteiger partial charge in [0.15, 0.2) is 5.76 Å². The maximum absolute atomic E-state index is 5.35. The predicted octanol–water partition coefficient (Wildman–Crippen LogP) is 2.73. The maximum Gasteiger partial charge on any atom is 0.150 e. The predicted molar refractivity (Wildman–Crippen MR) is 77.0 cm³/mol. The van der Waals surface area contributed by atoms with Crippen LogP contribution in [-0.4, -0.2) is 34.7 Å². The fourth-order valence-corrected chi connectivity index (χ4v) is 2.61. The molecule has 1 aliphatic heterocycles. The van der Waals surface area contributed by atoms with Gasteiger partial charge >= 0.3 is 0 Å². The van der Waals surface area contributed by atoms with Crippen molar-refractivity contribution in [1.82, 2.24) is 15.4 Å². The Morgan fingerprint density at radius 3 is 2.84 bits per heavy atom. The first-order valence-corrected chi connectivity index (χ1v) is 7.35. The molecule has 4 nitrogen and oxygen atoms in total. The van der Waals surface area contributed by atoms with Crippen molar-refractivity contribution in [2.75, 3.05) is 13.1 Å². The van der Waals surface area contributed by atoms with Crippen molar-refractivity contribution in [3.05, 3.63) is 17.5 Å². The van der Waals surface area contributed by atoms with Crippen LogP contribution in [0.5, 0.6) is 0 Å². The Morgan fingerprint density at radius 1 is 1.42 bits per heavy atom. The summed E-state index contributed by atoms with van der Waals surface area (Å²) in [6.45, 7) is 11.7. The Hall–Kier alpha value is -0.870. The topological polar surface area (TPSA) is 41.3 Å². The van der Waals surface area contributed by atoms with Crippen LogP contribution in [0.25, 0.3) is 0 Å². The third kappa shape index (κ3) is 4.62. The van der Waals surface area contributed by atoms with Gasteiger partial charge in [0.05, 0.1) is 12.2 Å². The minimum atomic E-state index is 0.186. The van der Waals surface area contributed by atoms with Gasteiger partial charge in [-0.15, -0.1) is 0 Å². The number of aryl methyl sites for hydroxylation is 1. The summed E-state index contributed by atoms with van der Waals surface area (Å²) in [5, 5.41) is 7.60. The molecule has 1 saturated heterocycles. The lowest BCUT2D eigenvalue weighted by molar-refractivity contribution is 0.118. The number of nitrogens with zero attached hydrogens (tertiary/aromatic N) is 2. The summed E-state index contributed by atoms with van der Waals surface area (Å²) in [6.07, 6.45) is 3.90. The molecule has 1 aromatic heterocycles. The normalized spacial score (nSPS) is 21.8. The zero-order valence-electron chi connectivity index (χ0n) is 12.7. The van der Waals surface area contributed by atoms with Crippen molar-refractivity contribution in [1.29, 1.82) is 0 Å². The SMILES string of the molecule is Cc1cc(CN2CCCCC2CNC(C)(C)C)on1. The molecule has 1 aromatic rings. The van der Waals surface area contributed by atoms with Crippen molar-refractivity contribution < 1.29 is 4.52 Å². The standard InChI is InChI=1S/C15H27N3O/c1-12-9-14(19-17-12)11-18-8-6-5-7-13(18)10-16-15(2,3)4/h9,13,16H,5-8,10-11H2,1-4H3. The first-order valence-electron chi connectivity index (χ1n) is 7.35. The molecule has 1 unspecified atom stereocenters. The summed E-state index contributed by atoms with van der Waals surface area (Å²) in [7, 11) is 0. The quantitative estimate of drug-likeness (QED) is 0.909. The van der Waals surface area contributed by atoms with Gasteiger partial charge in [-0.2, -0.15) is 0 Å². The molecule has 0 amide bonds. The van der Waals surface area contributed by atoms with Crippen LogP contribution < -0.4 is 5.32 Å². The Bertz CT molecular complexity index is 394. The fourth-order valence-electron chi connectivity index (χ4n) is 2.61. The molecule has 2 rings (SSSR count). The van der Waals surface area contributed by atoms with Crippen LogP contribution in [0.4, 0.5) is 0 Å². The number of likely N-dealkylation sites (tertiary alicyclic amines) is 1. The molecule has 1 atom stereocenters. The third-order valence-corrected chi connectivity index (χ3v) is 3.65. The number of aromatic nitrogens is 1. The smallest absolute Gasteiger partial charge is 0.150 e. The Balaban J connectivity index is 1.92. The van der Waals surface area contributed by atoms with Gasteiger partial charge in [0.1, 0.15) is 0 Å². The van der Waals surface area contributed by atoms with Gasteiger partial charge < -0.3 is 9.84 Å². The van der Waals surface area contributed by atoms with Crippen LogP contribution in [0.3, 0.4) is 0 Å². The highest BCUT2D eigenvalue weighted by Crippen LogP contribution is 2.20. The summed E-state index contributed by atoms with van der Waals surface area (Å²) in [6, 6.07) is 2.65. The van der Waals surface area contributed by atoms with E-state index in [-0.39, 0.29) is 5.54 Å². The molecular weight excluding hydrogens is 238 g/mol. The second kappa shape index (κ2) is 6.06. The van der Waals surface area contributed by atoms with E-state index in [9.17, 15) is 0 Å². The second-order valence-corrected chi connectivity index (χ2v) is 6.69. The first-order chi connectivity index (χ1) is 8.94. The highest BCUT2D eigenvalue weighted by molar-refractivity contribution is 5.03. The number of hydrogen-bond donors (Lipinski definition) is 1. The van der Waals surface area contributed by atoms with E-state index in [4.69, 9.17) is 4.52 Å². The Labute approximate surface area is 116 Å². The molecule has 0 aliphatic carbocycles. The molecule has 0 bridgehead atoms. The van der Waals surface area contributed by atoms with Gasteiger partial charge in [-0.25, -0.2) is 0 Å².